The summed E-state index contributed by atoms with van der Waals surface area (Å²) in [7, 11) is 0. The average molecular weight is 279 g/mol. The molecule has 108 valence electrons. The van der Waals surface area contributed by atoms with E-state index in [9.17, 15) is 13.2 Å². The predicted octanol–water partition coefficient (Wildman–Crippen LogP) is 1.35. The number of hydrogen-bond donors (Lipinski definition) is 4. The molecule has 0 saturated carbocycles. The molecule has 0 fully saturated rings. The van der Waals surface area contributed by atoms with E-state index in [0.717, 1.165) is 0 Å². The highest BCUT2D eigenvalue weighted by Gasteiger charge is 2.35. The zero-order valence-corrected chi connectivity index (χ0v) is 10.5. The van der Waals surface area contributed by atoms with Crippen LogP contribution in [0.1, 0.15) is 26.1 Å². The summed E-state index contributed by atoms with van der Waals surface area (Å²) in [5.41, 5.74) is 1.44. The zero-order chi connectivity index (χ0) is 14.7. The number of halogens is 3. The number of hydrogen-bond acceptors (Lipinski definition) is 6. The minimum absolute atomic E-state index is 0.0197. The van der Waals surface area contributed by atoms with Crippen molar-refractivity contribution in [1.82, 2.24) is 9.97 Å². The Labute approximate surface area is 108 Å². The van der Waals surface area contributed by atoms with Gasteiger partial charge in [-0.05, 0) is 20.3 Å². The Bertz CT molecular complexity index is 436. The Balaban J connectivity index is 3.07. The van der Waals surface area contributed by atoms with Crippen LogP contribution in [0.4, 0.5) is 24.8 Å². The van der Waals surface area contributed by atoms with E-state index < -0.39 is 17.5 Å². The third kappa shape index (κ3) is 4.52. The quantitative estimate of drug-likeness (QED) is 0.480. The van der Waals surface area contributed by atoms with Crippen LogP contribution in [-0.4, -0.2) is 27.2 Å². The molecule has 1 aromatic rings. The molecule has 0 unspecified atom stereocenters. The molecule has 0 atom stereocenters. The Morgan fingerprint density at radius 2 is 1.84 bits per heavy atom. The van der Waals surface area contributed by atoms with Crippen molar-refractivity contribution in [2.45, 2.75) is 32.0 Å². The third-order valence-electron chi connectivity index (χ3n) is 2.33. The summed E-state index contributed by atoms with van der Waals surface area (Å²) in [6, 6.07) is 1.26. The molecule has 0 aromatic carbocycles. The van der Waals surface area contributed by atoms with Crippen LogP contribution < -0.4 is 16.6 Å². The number of hydrazine groups is 1. The van der Waals surface area contributed by atoms with E-state index in [0.29, 0.717) is 6.42 Å². The van der Waals surface area contributed by atoms with E-state index >= 15 is 0 Å². The highest BCUT2D eigenvalue weighted by Crippen LogP contribution is 2.29. The molecule has 0 radical (unpaired) electrons. The Kier molecular flexibility index (Phi) is 4.53. The second kappa shape index (κ2) is 5.57. The first-order chi connectivity index (χ1) is 8.68. The standard InChI is InChI=1S/C10H16F3N5O/c1-9(2,3-4-19)17-6-5-7(18-14)16-8(15-6)10(11,12)13/h5,19H,3-4,14H2,1-2H3,(H2,15,16,17,18). The lowest BCUT2D eigenvalue weighted by atomic mass is 10.0. The first-order valence-corrected chi connectivity index (χ1v) is 5.50. The highest BCUT2D eigenvalue weighted by atomic mass is 19.4. The van der Waals surface area contributed by atoms with E-state index in [-0.39, 0.29) is 18.2 Å². The van der Waals surface area contributed by atoms with Crippen LogP contribution in [-0.2, 0) is 6.18 Å². The summed E-state index contributed by atoms with van der Waals surface area (Å²) in [5, 5.41) is 11.7. The van der Waals surface area contributed by atoms with Crippen LogP contribution in [0.5, 0.6) is 0 Å². The average Bonchev–Trinajstić information content (AvgIpc) is 2.26. The molecule has 5 N–H and O–H groups in total. The van der Waals surface area contributed by atoms with Crippen LogP contribution >= 0.6 is 0 Å². The van der Waals surface area contributed by atoms with Crippen LogP contribution in [0, 0.1) is 0 Å². The molecule has 0 saturated heterocycles. The number of aromatic nitrogens is 2. The summed E-state index contributed by atoms with van der Waals surface area (Å²) in [6.45, 7) is 3.36. The number of alkyl halides is 3. The SMILES string of the molecule is CC(C)(CCO)Nc1cc(NN)nc(C(F)(F)F)n1. The van der Waals surface area contributed by atoms with E-state index in [2.05, 4.69) is 20.7 Å². The zero-order valence-electron chi connectivity index (χ0n) is 10.5. The molecule has 1 aromatic heterocycles. The summed E-state index contributed by atoms with van der Waals surface area (Å²) >= 11 is 0. The molecule has 19 heavy (non-hydrogen) atoms. The Morgan fingerprint density at radius 1 is 1.26 bits per heavy atom. The predicted molar refractivity (Wildman–Crippen MR) is 64.2 cm³/mol. The molecular weight excluding hydrogens is 263 g/mol. The van der Waals surface area contributed by atoms with E-state index in [1.165, 1.54) is 6.07 Å². The number of nitrogens with zero attached hydrogens (tertiary/aromatic N) is 2. The van der Waals surface area contributed by atoms with Crippen LogP contribution in [0.25, 0.3) is 0 Å². The molecular formula is C10H16F3N5O. The lowest BCUT2D eigenvalue weighted by molar-refractivity contribution is -0.144. The van der Waals surface area contributed by atoms with Crippen molar-refractivity contribution in [3.05, 3.63) is 11.9 Å². The van der Waals surface area contributed by atoms with Crippen molar-refractivity contribution in [2.75, 3.05) is 17.3 Å². The smallest absolute Gasteiger partial charge is 0.396 e. The number of nitrogens with two attached hydrogens (primary N) is 1. The Morgan fingerprint density at radius 3 is 2.32 bits per heavy atom. The molecule has 0 aliphatic heterocycles. The first kappa shape index (κ1) is 15.4. The summed E-state index contributed by atoms with van der Waals surface area (Å²) < 4.78 is 37.8. The van der Waals surface area contributed by atoms with Crippen LogP contribution in [0.2, 0.25) is 0 Å². The van der Waals surface area contributed by atoms with Gasteiger partial charge in [0.2, 0.25) is 5.82 Å². The molecule has 6 nitrogen and oxygen atoms in total. The van der Waals surface area contributed by atoms with Gasteiger partial charge in [0.25, 0.3) is 0 Å². The van der Waals surface area contributed by atoms with Gasteiger partial charge in [-0.1, -0.05) is 0 Å². The summed E-state index contributed by atoms with van der Waals surface area (Å²) in [5.74, 6) is 3.62. The number of nitrogens with one attached hydrogen (secondary N) is 2. The Hall–Kier alpha value is -1.61. The maximum Gasteiger partial charge on any atom is 0.451 e. The van der Waals surface area contributed by atoms with Gasteiger partial charge in [-0.25, -0.2) is 15.8 Å². The molecule has 0 aliphatic rings. The second-order valence-corrected chi connectivity index (χ2v) is 4.59. The largest absolute Gasteiger partial charge is 0.451 e. The lowest BCUT2D eigenvalue weighted by Gasteiger charge is -2.26. The lowest BCUT2D eigenvalue weighted by Crippen LogP contribution is -2.33. The molecule has 0 bridgehead atoms. The fourth-order valence-electron chi connectivity index (χ4n) is 1.40. The van der Waals surface area contributed by atoms with Crippen molar-refractivity contribution in [1.29, 1.82) is 0 Å². The summed E-state index contributed by atoms with van der Waals surface area (Å²) in [4.78, 5) is 6.63. The van der Waals surface area contributed by atoms with E-state index in [4.69, 9.17) is 10.9 Å². The van der Waals surface area contributed by atoms with Gasteiger partial charge in [0, 0.05) is 18.2 Å². The number of nitrogen functional groups attached to an aromatic ring is 1. The van der Waals surface area contributed by atoms with Crippen LogP contribution in [0.3, 0.4) is 0 Å². The van der Waals surface area contributed by atoms with E-state index in [1.54, 1.807) is 13.8 Å². The minimum atomic E-state index is -4.66. The molecule has 0 spiro atoms. The van der Waals surface area contributed by atoms with Gasteiger partial charge in [-0.3, -0.25) is 0 Å². The van der Waals surface area contributed by atoms with E-state index in [1.807, 2.05) is 0 Å². The third-order valence-corrected chi connectivity index (χ3v) is 2.33. The van der Waals surface area contributed by atoms with Crippen molar-refractivity contribution in [3.63, 3.8) is 0 Å². The van der Waals surface area contributed by atoms with Gasteiger partial charge in [-0.15, -0.1) is 0 Å². The monoisotopic (exact) mass is 279 g/mol. The van der Waals surface area contributed by atoms with Gasteiger partial charge in [0.1, 0.15) is 11.6 Å². The van der Waals surface area contributed by atoms with Gasteiger partial charge >= 0.3 is 6.18 Å². The topological polar surface area (TPSA) is 96.1 Å². The number of anilines is 2. The molecule has 0 amide bonds. The number of rotatable bonds is 5. The number of aliphatic hydroxyl groups excluding tert-OH is 1. The van der Waals surface area contributed by atoms with Crippen molar-refractivity contribution in [3.8, 4) is 0 Å². The van der Waals surface area contributed by atoms with Crippen molar-refractivity contribution in [2.24, 2.45) is 5.84 Å². The maximum atomic E-state index is 12.6. The minimum Gasteiger partial charge on any atom is -0.396 e. The maximum absolute atomic E-state index is 12.6. The van der Waals surface area contributed by atoms with Gasteiger partial charge in [-0.2, -0.15) is 13.2 Å². The molecule has 1 rings (SSSR count). The van der Waals surface area contributed by atoms with Crippen molar-refractivity contribution >= 4 is 11.6 Å². The van der Waals surface area contributed by atoms with Crippen molar-refractivity contribution < 1.29 is 18.3 Å². The van der Waals surface area contributed by atoms with Gasteiger partial charge in [0.05, 0.1) is 0 Å². The molecule has 0 aliphatic carbocycles. The molecule has 1 heterocycles. The highest BCUT2D eigenvalue weighted by molar-refractivity contribution is 5.48. The molecule has 9 heteroatoms. The fourth-order valence-corrected chi connectivity index (χ4v) is 1.40. The summed E-state index contributed by atoms with van der Waals surface area (Å²) in [6.07, 6.45) is -4.31. The van der Waals surface area contributed by atoms with Gasteiger partial charge in [0.15, 0.2) is 0 Å². The normalized spacial score (nSPS) is 12.4. The second-order valence-electron chi connectivity index (χ2n) is 4.59. The number of aliphatic hydroxyl groups is 1. The first-order valence-electron chi connectivity index (χ1n) is 5.50. The van der Waals surface area contributed by atoms with Crippen LogP contribution in [0.15, 0.2) is 6.07 Å². The fraction of sp³-hybridized carbons (Fsp3) is 0.600. The van der Waals surface area contributed by atoms with Gasteiger partial charge < -0.3 is 15.8 Å².